The summed E-state index contributed by atoms with van der Waals surface area (Å²) in [5.41, 5.74) is 0.233. The molecule has 0 saturated heterocycles. The number of benzene rings is 1. The second-order valence-corrected chi connectivity index (χ2v) is 4.04. The van der Waals surface area contributed by atoms with Crippen molar-refractivity contribution in [3.63, 3.8) is 0 Å². The number of carboxylic acids is 1. The van der Waals surface area contributed by atoms with Gasteiger partial charge in [-0.05, 0) is 24.3 Å². The Bertz CT molecular complexity index is 703. The summed E-state index contributed by atoms with van der Waals surface area (Å²) in [5, 5.41) is 11.4. The average Bonchev–Trinajstić information content (AvgIpc) is 2.47. The molecule has 21 heavy (non-hydrogen) atoms. The van der Waals surface area contributed by atoms with Crippen LogP contribution in [-0.2, 0) is 0 Å². The third-order valence-electron chi connectivity index (χ3n) is 2.68. The number of anilines is 1. The number of ether oxygens (including phenoxy) is 1. The summed E-state index contributed by atoms with van der Waals surface area (Å²) in [6.45, 7) is 0. The Morgan fingerprint density at radius 1 is 1.24 bits per heavy atom. The summed E-state index contributed by atoms with van der Waals surface area (Å²) < 4.78 is 18.0. The van der Waals surface area contributed by atoms with Gasteiger partial charge in [-0.25, -0.2) is 9.78 Å². The van der Waals surface area contributed by atoms with E-state index in [9.17, 15) is 14.0 Å². The molecule has 0 aliphatic rings. The Hall–Kier alpha value is -2.96. The Morgan fingerprint density at radius 2 is 2.00 bits per heavy atom. The summed E-state index contributed by atoms with van der Waals surface area (Å²) in [4.78, 5) is 26.3. The summed E-state index contributed by atoms with van der Waals surface area (Å²) in [6.07, 6.45) is 1.16. The van der Waals surface area contributed by atoms with Crippen LogP contribution in [0.5, 0.6) is 5.75 Å². The minimum Gasteiger partial charge on any atom is -0.495 e. The second kappa shape index (κ2) is 6.00. The number of amides is 1. The number of pyridine rings is 1. The number of hydrogen-bond donors (Lipinski definition) is 2. The van der Waals surface area contributed by atoms with Crippen molar-refractivity contribution in [3.05, 3.63) is 53.6 Å². The van der Waals surface area contributed by atoms with Crippen molar-refractivity contribution in [3.8, 4) is 5.75 Å². The maximum atomic E-state index is 13.0. The first-order valence-electron chi connectivity index (χ1n) is 5.85. The van der Waals surface area contributed by atoms with Crippen LogP contribution in [0.2, 0.25) is 0 Å². The number of nitrogens with one attached hydrogen (secondary N) is 1. The van der Waals surface area contributed by atoms with Gasteiger partial charge in [-0.15, -0.1) is 0 Å². The summed E-state index contributed by atoms with van der Waals surface area (Å²) in [5.74, 6) is -2.22. The highest BCUT2D eigenvalue weighted by Gasteiger charge is 2.13. The van der Waals surface area contributed by atoms with Gasteiger partial charge in [0, 0.05) is 17.8 Å². The fourth-order valence-electron chi connectivity index (χ4n) is 1.68. The predicted molar refractivity (Wildman–Crippen MR) is 72.1 cm³/mol. The molecule has 2 N–H and O–H groups in total. The largest absolute Gasteiger partial charge is 0.495 e. The molecule has 1 aromatic carbocycles. The summed E-state index contributed by atoms with van der Waals surface area (Å²) in [6, 6.07) is 6.35. The number of carbonyl (C=O) groups is 2. The highest BCUT2D eigenvalue weighted by atomic mass is 19.1. The van der Waals surface area contributed by atoms with Crippen molar-refractivity contribution < 1.29 is 23.8 Å². The van der Waals surface area contributed by atoms with Crippen molar-refractivity contribution in [1.82, 2.24) is 4.98 Å². The number of aromatic nitrogens is 1. The number of rotatable bonds is 4. The monoisotopic (exact) mass is 290 g/mol. The SMILES string of the molecule is COc1ccc(C(=O)O)cc1NC(=O)c1ccnc(F)c1. The van der Waals surface area contributed by atoms with Crippen LogP contribution in [0.4, 0.5) is 10.1 Å². The molecule has 0 radical (unpaired) electrons. The molecule has 6 nitrogen and oxygen atoms in total. The topological polar surface area (TPSA) is 88.5 Å². The summed E-state index contributed by atoms with van der Waals surface area (Å²) >= 11 is 0. The van der Waals surface area contributed by atoms with E-state index < -0.39 is 17.8 Å². The predicted octanol–water partition coefficient (Wildman–Crippen LogP) is 2.18. The highest BCUT2D eigenvalue weighted by molar-refractivity contribution is 6.05. The Morgan fingerprint density at radius 3 is 2.62 bits per heavy atom. The number of hydrogen-bond acceptors (Lipinski definition) is 4. The van der Waals surface area contributed by atoms with Crippen molar-refractivity contribution >= 4 is 17.6 Å². The van der Waals surface area contributed by atoms with E-state index in [2.05, 4.69) is 10.3 Å². The lowest BCUT2D eigenvalue weighted by atomic mass is 10.1. The first-order chi connectivity index (χ1) is 10.0. The van der Waals surface area contributed by atoms with Crippen molar-refractivity contribution in [2.45, 2.75) is 0 Å². The van der Waals surface area contributed by atoms with Crippen LogP contribution >= 0.6 is 0 Å². The van der Waals surface area contributed by atoms with Gasteiger partial charge < -0.3 is 15.2 Å². The van der Waals surface area contributed by atoms with Gasteiger partial charge in [-0.2, -0.15) is 4.39 Å². The van der Waals surface area contributed by atoms with E-state index in [1.807, 2.05) is 0 Å². The fraction of sp³-hybridized carbons (Fsp3) is 0.0714. The molecule has 0 spiro atoms. The van der Waals surface area contributed by atoms with Crippen LogP contribution in [0.15, 0.2) is 36.5 Å². The lowest BCUT2D eigenvalue weighted by molar-refractivity contribution is 0.0696. The molecule has 1 aromatic heterocycles. The van der Waals surface area contributed by atoms with Gasteiger partial charge in [0.15, 0.2) is 0 Å². The third-order valence-corrected chi connectivity index (χ3v) is 2.68. The molecule has 2 rings (SSSR count). The maximum Gasteiger partial charge on any atom is 0.335 e. The third kappa shape index (κ3) is 3.33. The number of carboxylic acid groups (broad SMARTS) is 1. The Balaban J connectivity index is 2.31. The molecular weight excluding hydrogens is 279 g/mol. The molecule has 1 amide bonds. The first kappa shape index (κ1) is 14.4. The van der Waals surface area contributed by atoms with Crippen molar-refractivity contribution in [1.29, 1.82) is 0 Å². The van der Waals surface area contributed by atoms with Crippen LogP contribution in [0.3, 0.4) is 0 Å². The molecule has 1 heterocycles. The van der Waals surface area contributed by atoms with Gasteiger partial charge in [-0.3, -0.25) is 4.79 Å². The Labute approximate surface area is 119 Å². The quantitative estimate of drug-likeness (QED) is 0.842. The van der Waals surface area contributed by atoms with Crippen molar-refractivity contribution in [2.24, 2.45) is 0 Å². The van der Waals surface area contributed by atoms with Crippen LogP contribution in [0.25, 0.3) is 0 Å². The van der Waals surface area contributed by atoms with E-state index in [-0.39, 0.29) is 16.8 Å². The Kier molecular flexibility index (Phi) is 4.13. The first-order valence-corrected chi connectivity index (χ1v) is 5.85. The molecule has 0 fully saturated rings. The molecule has 0 saturated carbocycles. The normalized spacial score (nSPS) is 10.0. The van der Waals surface area contributed by atoms with Gasteiger partial charge in [0.2, 0.25) is 5.95 Å². The van der Waals surface area contributed by atoms with E-state index in [1.165, 1.54) is 31.4 Å². The van der Waals surface area contributed by atoms with E-state index in [4.69, 9.17) is 9.84 Å². The molecule has 0 unspecified atom stereocenters. The molecule has 0 bridgehead atoms. The number of halogens is 1. The lowest BCUT2D eigenvalue weighted by Gasteiger charge is -2.11. The number of nitrogens with zero attached hydrogens (tertiary/aromatic N) is 1. The van der Waals surface area contributed by atoms with Crippen LogP contribution in [-0.4, -0.2) is 29.1 Å². The molecule has 108 valence electrons. The zero-order valence-corrected chi connectivity index (χ0v) is 11.0. The molecule has 0 aliphatic heterocycles. The minimum absolute atomic E-state index is 0.00740. The maximum absolute atomic E-state index is 13.0. The number of aromatic carboxylic acids is 1. The molecule has 0 aliphatic carbocycles. The van der Waals surface area contributed by atoms with E-state index >= 15 is 0 Å². The van der Waals surface area contributed by atoms with E-state index in [1.54, 1.807) is 0 Å². The average molecular weight is 290 g/mol. The lowest BCUT2D eigenvalue weighted by Crippen LogP contribution is -2.13. The van der Waals surface area contributed by atoms with Crippen LogP contribution < -0.4 is 10.1 Å². The van der Waals surface area contributed by atoms with Gasteiger partial charge in [0.1, 0.15) is 5.75 Å². The summed E-state index contributed by atoms with van der Waals surface area (Å²) in [7, 11) is 1.39. The number of methoxy groups -OCH3 is 1. The van der Waals surface area contributed by atoms with Gasteiger partial charge in [0.25, 0.3) is 5.91 Å². The van der Waals surface area contributed by atoms with Gasteiger partial charge in [0.05, 0.1) is 18.4 Å². The van der Waals surface area contributed by atoms with Gasteiger partial charge in [-0.1, -0.05) is 0 Å². The second-order valence-electron chi connectivity index (χ2n) is 4.04. The number of carbonyl (C=O) groups excluding carboxylic acids is 1. The fourth-order valence-corrected chi connectivity index (χ4v) is 1.68. The zero-order valence-electron chi connectivity index (χ0n) is 11.0. The smallest absolute Gasteiger partial charge is 0.335 e. The minimum atomic E-state index is -1.14. The van der Waals surface area contributed by atoms with E-state index in [0.29, 0.717) is 5.75 Å². The highest BCUT2D eigenvalue weighted by Crippen LogP contribution is 2.26. The molecule has 2 aromatic rings. The standard InChI is InChI=1S/C14H11FN2O4/c1-21-11-3-2-9(14(19)20)6-10(11)17-13(18)8-4-5-16-12(15)7-8/h2-7H,1H3,(H,17,18)(H,19,20). The molecule has 7 heteroatoms. The van der Waals surface area contributed by atoms with Crippen LogP contribution in [0, 0.1) is 5.95 Å². The van der Waals surface area contributed by atoms with Crippen LogP contribution in [0.1, 0.15) is 20.7 Å². The van der Waals surface area contributed by atoms with E-state index in [0.717, 1.165) is 12.3 Å². The van der Waals surface area contributed by atoms with Crippen molar-refractivity contribution in [2.75, 3.05) is 12.4 Å². The molecule has 0 atom stereocenters. The molecular formula is C14H11FN2O4. The zero-order chi connectivity index (χ0) is 15.4. The van der Waals surface area contributed by atoms with Gasteiger partial charge >= 0.3 is 5.97 Å².